The van der Waals surface area contributed by atoms with E-state index < -0.39 is 6.36 Å². The molecule has 0 radical (unpaired) electrons. The number of rotatable bonds is 4. The maximum Gasteiger partial charge on any atom is 0.573 e. The zero-order valence-corrected chi connectivity index (χ0v) is 15.8. The number of nitrogens with zero attached hydrogens (tertiary/aromatic N) is 2. The van der Waals surface area contributed by atoms with Crippen molar-refractivity contribution < 1.29 is 17.9 Å². The molecule has 152 valence electrons. The van der Waals surface area contributed by atoms with Crippen LogP contribution in [-0.2, 0) is 6.54 Å². The van der Waals surface area contributed by atoms with Crippen LogP contribution < -0.4 is 15.4 Å². The van der Waals surface area contributed by atoms with Gasteiger partial charge in [0.1, 0.15) is 11.6 Å². The molecule has 0 saturated carbocycles. The van der Waals surface area contributed by atoms with E-state index in [9.17, 15) is 13.2 Å². The fourth-order valence-corrected chi connectivity index (χ4v) is 3.86. The fraction of sp³-hybridized carbons (Fsp3) is 0.273. The second kappa shape index (κ2) is 7.83. The lowest BCUT2D eigenvalue weighted by Gasteiger charge is -2.37. The van der Waals surface area contributed by atoms with Crippen molar-refractivity contribution in [2.45, 2.75) is 19.3 Å². The number of alkyl halides is 3. The Hall–Kier alpha value is -2.93. The van der Waals surface area contributed by atoms with Crippen LogP contribution in [0.15, 0.2) is 77.6 Å². The van der Waals surface area contributed by atoms with Crippen LogP contribution in [0.5, 0.6) is 5.75 Å². The van der Waals surface area contributed by atoms with Crippen molar-refractivity contribution in [2.24, 2.45) is 5.73 Å². The lowest BCUT2D eigenvalue weighted by molar-refractivity contribution is -0.274. The van der Waals surface area contributed by atoms with Crippen LogP contribution >= 0.6 is 0 Å². The van der Waals surface area contributed by atoms with Gasteiger partial charge in [-0.15, -0.1) is 13.2 Å². The summed E-state index contributed by atoms with van der Waals surface area (Å²) in [4.78, 5) is 4.21. The summed E-state index contributed by atoms with van der Waals surface area (Å²) in [7, 11) is 0. The van der Waals surface area contributed by atoms with Gasteiger partial charge in [0.2, 0.25) is 0 Å². The van der Waals surface area contributed by atoms with Crippen LogP contribution in [0.1, 0.15) is 12.0 Å². The van der Waals surface area contributed by atoms with Gasteiger partial charge in [-0.1, -0.05) is 42.5 Å². The van der Waals surface area contributed by atoms with Crippen molar-refractivity contribution in [2.75, 3.05) is 24.5 Å². The highest BCUT2D eigenvalue weighted by Crippen LogP contribution is 2.33. The highest BCUT2D eigenvalue weighted by atomic mass is 19.4. The maximum absolute atomic E-state index is 12.5. The second-order valence-electron chi connectivity index (χ2n) is 7.20. The van der Waals surface area contributed by atoms with Gasteiger partial charge in [-0.25, -0.2) is 0 Å². The summed E-state index contributed by atoms with van der Waals surface area (Å²) in [6.45, 7) is 3.09. The Kier molecular flexibility index (Phi) is 5.24. The number of hydrogen-bond donors (Lipinski definition) is 1. The summed E-state index contributed by atoms with van der Waals surface area (Å²) < 4.78 is 41.6. The first-order chi connectivity index (χ1) is 13.9. The first kappa shape index (κ1) is 19.4. The minimum Gasteiger partial charge on any atom is -0.406 e. The molecule has 4 nitrogen and oxygen atoms in total. The molecule has 2 aliphatic rings. The molecular weight excluding hydrogens is 379 g/mol. The van der Waals surface area contributed by atoms with E-state index in [1.165, 1.54) is 29.3 Å². The number of nitrogens with two attached hydrogens (primary N) is 1. The van der Waals surface area contributed by atoms with Gasteiger partial charge in [-0.05, 0) is 35.3 Å². The summed E-state index contributed by atoms with van der Waals surface area (Å²) in [5.74, 6) is 0.353. The number of ether oxygens (including phenoxy) is 1. The number of fused-ring (bicyclic) bond motifs is 1. The SMILES string of the molecule is NC1=C2CCN(Cc3ccccc3)CC2=CCN1c1cccc(OC(F)(F)F)c1. The molecule has 1 saturated heterocycles. The van der Waals surface area contributed by atoms with Gasteiger partial charge in [0.05, 0.1) is 0 Å². The van der Waals surface area contributed by atoms with Crippen LogP contribution in [0.25, 0.3) is 0 Å². The Morgan fingerprint density at radius 1 is 1.03 bits per heavy atom. The summed E-state index contributed by atoms with van der Waals surface area (Å²) in [5, 5.41) is 0. The van der Waals surface area contributed by atoms with Gasteiger partial charge >= 0.3 is 6.36 Å². The van der Waals surface area contributed by atoms with Crippen LogP contribution in [0.4, 0.5) is 18.9 Å². The van der Waals surface area contributed by atoms with Crippen molar-refractivity contribution in [1.29, 1.82) is 0 Å². The van der Waals surface area contributed by atoms with Gasteiger partial charge in [-0.2, -0.15) is 0 Å². The van der Waals surface area contributed by atoms with E-state index in [2.05, 4.69) is 27.8 Å². The average molecular weight is 401 g/mol. The molecule has 0 bridgehead atoms. The van der Waals surface area contributed by atoms with Crippen LogP contribution in [0.2, 0.25) is 0 Å². The molecule has 0 amide bonds. The number of hydrogen-bond acceptors (Lipinski definition) is 4. The van der Waals surface area contributed by atoms with Crippen molar-refractivity contribution in [3.05, 3.63) is 83.2 Å². The first-order valence-corrected chi connectivity index (χ1v) is 9.47. The number of benzene rings is 2. The Balaban J connectivity index is 1.49. The molecule has 0 unspecified atom stereocenters. The predicted molar refractivity (Wildman–Crippen MR) is 106 cm³/mol. The van der Waals surface area contributed by atoms with Gasteiger partial charge in [-0.3, -0.25) is 4.90 Å². The van der Waals surface area contributed by atoms with Crippen molar-refractivity contribution in [1.82, 2.24) is 4.90 Å². The van der Waals surface area contributed by atoms with E-state index in [1.807, 2.05) is 23.1 Å². The van der Waals surface area contributed by atoms with Gasteiger partial charge in [0.15, 0.2) is 0 Å². The van der Waals surface area contributed by atoms with Crippen molar-refractivity contribution in [3.63, 3.8) is 0 Å². The topological polar surface area (TPSA) is 41.7 Å². The predicted octanol–water partition coefficient (Wildman–Crippen LogP) is 4.41. The molecule has 2 aromatic carbocycles. The largest absolute Gasteiger partial charge is 0.573 e. The number of halogens is 3. The molecule has 29 heavy (non-hydrogen) atoms. The highest BCUT2D eigenvalue weighted by molar-refractivity contribution is 5.60. The van der Waals surface area contributed by atoms with Crippen molar-refractivity contribution in [3.8, 4) is 5.75 Å². The molecule has 0 aliphatic carbocycles. The van der Waals surface area contributed by atoms with Crippen LogP contribution in [0, 0.1) is 0 Å². The Bertz CT molecular complexity index is 938. The third-order valence-corrected chi connectivity index (χ3v) is 5.19. The highest BCUT2D eigenvalue weighted by Gasteiger charge is 2.32. The molecular formula is C22H22F3N3O. The van der Waals surface area contributed by atoms with E-state index in [1.54, 1.807) is 6.07 Å². The number of piperidine rings is 1. The standard InChI is InChI=1S/C22H22F3N3O/c23-22(24,25)29-19-8-4-7-18(13-19)28-12-9-17-15-27(11-10-20(17)21(28)26)14-16-5-2-1-3-6-16/h1-9,13H,10-12,14-15,26H2. The summed E-state index contributed by atoms with van der Waals surface area (Å²) in [6, 6.07) is 16.2. The molecule has 0 atom stereocenters. The molecule has 0 spiro atoms. The quantitative estimate of drug-likeness (QED) is 0.824. The third kappa shape index (κ3) is 4.56. The van der Waals surface area contributed by atoms with E-state index in [-0.39, 0.29) is 5.75 Å². The summed E-state index contributed by atoms with van der Waals surface area (Å²) in [6.07, 6.45) is -1.80. The zero-order chi connectivity index (χ0) is 20.4. The molecule has 1 fully saturated rings. The van der Waals surface area contributed by atoms with Gasteiger partial charge in [0, 0.05) is 37.9 Å². The minimum absolute atomic E-state index is 0.250. The molecule has 0 aromatic heterocycles. The monoisotopic (exact) mass is 401 g/mol. The van der Waals surface area contributed by atoms with Crippen LogP contribution in [-0.4, -0.2) is 30.9 Å². The van der Waals surface area contributed by atoms with E-state index in [4.69, 9.17) is 5.73 Å². The fourth-order valence-electron chi connectivity index (χ4n) is 3.86. The van der Waals surface area contributed by atoms with E-state index in [0.717, 1.165) is 31.6 Å². The summed E-state index contributed by atoms with van der Waals surface area (Å²) in [5.41, 5.74) is 10.5. The Morgan fingerprint density at radius 2 is 1.83 bits per heavy atom. The minimum atomic E-state index is -4.72. The van der Waals surface area contributed by atoms with Gasteiger partial charge in [0.25, 0.3) is 0 Å². The molecule has 2 N–H and O–H groups in total. The third-order valence-electron chi connectivity index (χ3n) is 5.19. The van der Waals surface area contributed by atoms with E-state index >= 15 is 0 Å². The normalized spacial score (nSPS) is 17.8. The first-order valence-electron chi connectivity index (χ1n) is 9.47. The number of anilines is 1. The lowest BCUT2D eigenvalue weighted by Crippen LogP contribution is -2.39. The molecule has 7 heteroatoms. The smallest absolute Gasteiger partial charge is 0.406 e. The molecule has 2 aliphatic heterocycles. The second-order valence-corrected chi connectivity index (χ2v) is 7.20. The van der Waals surface area contributed by atoms with E-state index in [0.29, 0.717) is 18.1 Å². The Labute approximate surface area is 167 Å². The Morgan fingerprint density at radius 3 is 2.59 bits per heavy atom. The maximum atomic E-state index is 12.5. The molecule has 2 heterocycles. The lowest BCUT2D eigenvalue weighted by atomic mass is 9.94. The molecule has 4 rings (SSSR count). The number of likely N-dealkylation sites (tertiary alicyclic amines) is 1. The summed E-state index contributed by atoms with van der Waals surface area (Å²) >= 11 is 0. The zero-order valence-electron chi connectivity index (χ0n) is 15.8. The van der Waals surface area contributed by atoms with Crippen molar-refractivity contribution >= 4 is 5.69 Å². The average Bonchev–Trinajstić information content (AvgIpc) is 2.68. The van der Waals surface area contributed by atoms with Gasteiger partial charge < -0.3 is 15.4 Å². The van der Waals surface area contributed by atoms with Crippen LogP contribution in [0.3, 0.4) is 0 Å². The molecule has 2 aromatic rings.